The van der Waals surface area contributed by atoms with Crippen molar-refractivity contribution in [3.63, 3.8) is 0 Å². The van der Waals surface area contributed by atoms with E-state index in [1.54, 1.807) is 0 Å². The van der Waals surface area contributed by atoms with E-state index in [9.17, 15) is 4.79 Å². The zero-order valence-electron chi connectivity index (χ0n) is 11.0. The first-order valence-corrected chi connectivity index (χ1v) is 6.79. The fourth-order valence-electron chi connectivity index (χ4n) is 2.31. The summed E-state index contributed by atoms with van der Waals surface area (Å²) in [5.41, 5.74) is 2.36. The van der Waals surface area contributed by atoms with E-state index < -0.39 is 0 Å². The minimum absolute atomic E-state index is 0.0959. The molecule has 2 heterocycles. The van der Waals surface area contributed by atoms with Crippen molar-refractivity contribution in [2.45, 2.75) is 39.0 Å². The lowest BCUT2D eigenvalue weighted by molar-refractivity contribution is 0.186. The molecule has 0 bridgehead atoms. The van der Waals surface area contributed by atoms with Crippen molar-refractivity contribution in [2.75, 3.05) is 19.6 Å². The first-order valence-electron chi connectivity index (χ1n) is 6.79. The second kappa shape index (κ2) is 6.42. The number of hydrogen-bond donors (Lipinski definition) is 2. The Labute approximate surface area is 108 Å². The summed E-state index contributed by atoms with van der Waals surface area (Å²) in [5.74, 6) is 0. The lowest BCUT2D eigenvalue weighted by Crippen LogP contribution is -2.43. The maximum Gasteiger partial charge on any atom is 0.317 e. The van der Waals surface area contributed by atoms with Crippen molar-refractivity contribution >= 4 is 6.03 Å². The molecule has 100 valence electrons. The van der Waals surface area contributed by atoms with Crippen molar-refractivity contribution in [1.82, 2.24) is 20.4 Å². The molecule has 0 aliphatic carbocycles. The lowest BCUT2D eigenvalue weighted by atomic mass is 10.1. The highest BCUT2D eigenvalue weighted by molar-refractivity contribution is 5.74. The molecule has 1 aliphatic rings. The average Bonchev–Trinajstić information content (AvgIpc) is 2.81. The van der Waals surface area contributed by atoms with Gasteiger partial charge < -0.3 is 10.2 Å². The molecule has 2 amide bonds. The zero-order valence-corrected chi connectivity index (χ0v) is 11.0. The van der Waals surface area contributed by atoms with Gasteiger partial charge in [0.2, 0.25) is 0 Å². The van der Waals surface area contributed by atoms with Crippen LogP contribution in [0, 0.1) is 6.92 Å². The molecule has 1 aromatic rings. The molecule has 0 radical (unpaired) electrons. The number of aromatic amines is 1. The van der Waals surface area contributed by atoms with E-state index in [1.165, 1.54) is 12.0 Å². The normalized spacial score (nSPS) is 15.7. The van der Waals surface area contributed by atoms with Gasteiger partial charge in [-0.25, -0.2) is 4.79 Å². The molecule has 1 saturated heterocycles. The number of nitrogens with zero attached hydrogens (tertiary/aromatic N) is 2. The number of H-pyrrole nitrogens is 1. The lowest BCUT2D eigenvalue weighted by Gasteiger charge is -2.26. The van der Waals surface area contributed by atoms with E-state index in [0.717, 1.165) is 51.0 Å². The summed E-state index contributed by atoms with van der Waals surface area (Å²) in [6.45, 7) is 4.58. The van der Waals surface area contributed by atoms with Crippen LogP contribution < -0.4 is 5.32 Å². The SMILES string of the molecule is Cc1[nH]ncc1CCCNC(=O)N1CCCCC1. The van der Waals surface area contributed by atoms with Gasteiger partial charge in [-0.05, 0) is 44.6 Å². The van der Waals surface area contributed by atoms with Crippen molar-refractivity contribution in [3.05, 3.63) is 17.5 Å². The van der Waals surface area contributed by atoms with Crippen molar-refractivity contribution in [1.29, 1.82) is 0 Å². The fraction of sp³-hybridized carbons (Fsp3) is 0.692. The van der Waals surface area contributed by atoms with Crippen LogP contribution in [0.2, 0.25) is 0 Å². The fourth-order valence-corrected chi connectivity index (χ4v) is 2.31. The van der Waals surface area contributed by atoms with Gasteiger partial charge >= 0.3 is 6.03 Å². The quantitative estimate of drug-likeness (QED) is 0.801. The number of piperidine rings is 1. The summed E-state index contributed by atoms with van der Waals surface area (Å²) < 4.78 is 0. The van der Waals surface area contributed by atoms with Crippen LogP contribution in [0.1, 0.15) is 36.9 Å². The number of rotatable bonds is 4. The molecule has 1 aromatic heterocycles. The van der Waals surface area contributed by atoms with Crippen LogP contribution in [0.4, 0.5) is 4.79 Å². The maximum absolute atomic E-state index is 11.8. The highest BCUT2D eigenvalue weighted by Crippen LogP contribution is 2.08. The molecule has 0 unspecified atom stereocenters. The molecule has 18 heavy (non-hydrogen) atoms. The second-order valence-electron chi connectivity index (χ2n) is 4.90. The van der Waals surface area contributed by atoms with Crippen LogP contribution in [0.5, 0.6) is 0 Å². The summed E-state index contributed by atoms with van der Waals surface area (Å²) in [6.07, 6.45) is 7.32. The zero-order chi connectivity index (χ0) is 12.8. The van der Waals surface area contributed by atoms with Gasteiger partial charge in [-0.3, -0.25) is 5.10 Å². The van der Waals surface area contributed by atoms with Crippen LogP contribution in [-0.4, -0.2) is 40.8 Å². The largest absolute Gasteiger partial charge is 0.338 e. The Bertz CT molecular complexity index is 382. The first-order chi connectivity index (χ1) is 8.77. The summed E-state index contributed by atoms with van der Waals surface area (Å²) >= 11 is 0. The van der Waals surface area contributed by atoms with E-state index >= 15 is 0 Å². The Morgan fingerprint density at radius 3 is 2.89 bits per heavy atom. The maximum atomic E-state index is 11.8. The molecule has 1 aliphatic heterocycles. The minimum Gasteiger partial charge on any atom is -0.338 e. The van der Waals surface area contributed by atoms with Gasteiger partial charge in [0.1, 0.15) is 0 Å². The molecular weight excluding hydrogens is 228 g/mol. The smallest absolute Gasteiger partial charge is 0.317 e. The molecular formula is C13H22N4O. The third kappa shape index (κ3) is 3.48. The number of amides is 2. The predicted octanol–water partition coefficient (Wildman–Crippen LogP) is 1.85. The number of likely N-dealkylation sites (tertiary alicyclic amines) is 1. The van der Waals surface area contributed by atoms with Gasteiger partial charge in [-0.1, -0.05) is 0 Å². The van der Waals surface area contributed by atoms with Crippen LogP contribution in [0.3, 0.4) is 0 Å². The predicted molar refractivity (Wildman–Crippen MR) is 70.5 cm³/mol. The van der Waals surface area contributed by atoms with E-state index in [0.29, 0.717) is 0 Å². The third-order valence-corrected chi connectivity index (χ3v) is 3.48. The molecule has 5 heteroatoms. The van der Waals surface area contributed by atoms with Gasteiger partial charge in [0.15, 0.2) is 0 Å². The minimum atomic E-state index is 0.0959. The molecule has 1 fully saturated rings. The summed E-state index contributed by atoms with van der Waals surface area (Å²) in [7, 11) is 0. The summed E-state index contributed by atoms with van der Waals surface area (Å²) in [5, 5.41) is 9.90. The van der Waals surface area contributed by atoms with Gasteiger partial charge in [-0.2, -0.15) is 5.10 Å². The molecule has 0 aromatic carbocycles. The topological polar surface area (TPSA) is 61.0 Å². The van der Waals surface area contributed by atoms with Crippen molar-refractivity contribution in [3.8, 4) is 0 Å². The van der Waals surface area contributed by atoms with Crippen molar-refractivity contribution < 1.29 is 4.79 Å². The summed E-state index contributed by atoms with van der Waals surface area (Å²) in [6, 6.07) is 0.0959. The van der Waals surface area contributed by atoms with E-state index in [2.05, 4.69) is 15.5 Å². The van der Waals surface area contributed by atoms with Crippen LogP contribution in [0.25, 0.3) is 0 Å². The van der Waals surface area contributed by atoms with Crippen LogP contribution >= 0.6 is 0 Å². The van der Waals surface area contributed by atoms with Crippen LogP contribution in [-0.2, 0) is 6.42 Å². The Morgan fingerprint density at radius 1 is 1.44 bits per heavy atom. The Morgan fingerprint density at radius 2 is 2.22 bits per heavy atom. The van der Waals surface area contributed by atoms with Gasteiger partial charge in [0.05, 0.1) is 6.20 Å². The Kier molecular flexibility index (Phi) is 4.61. The first kappa shape index (κ1) is 12.9. The highest BCUT2D eigenvalue weighted by atomic mass is 16.2. The van der Waals surface area contributed by atoms with Gasteiger partial charge in [-0.15, -0.1) is 0 Å². The number of hydrogen-bond acceptors (Lipinski definition) is 2. The summed E-state index contributed by atoms with van der Waals surface area (Å²) in [4.78, 5) is 13.7. The highest BCUT2D eigenvalue weighted by Gasteiger charge is 2.15. The van der Waals surface area contributed by atoms with E-state index in [1.807, 2.05) is 18.0 Å². The average molecular weight is 250 g/mol. The molecule has 2 rings (SSSR count). The number of nitrogens with one attached hydrogen (secondary N) is 2. The van der Waals surface area contributed by atoms with E-state index in [-0.39, 0.29) is 6.03 Å². The van der Waals surface area contributed by atoms with Crippen LogP contribution in [0.15, 0.2) is 6.20 Å². The second-order valence-corrected chi connectivity index (χ2v) is 4.90. The molecule has 0 saturated carbocycles. The Balaban J connectivity index is 1.63. The monoisotopic (exact) mass is 250 g/mol. The number of aryl methyl sites for hydroxylation is 2. The van der Waals surface area contributed by atoms with E-state index in [4.69, 9.17) is 0 Å². The van der Waals surface area contributed by atoms with Crippen molar-refractivity contribution in [2.24, 2.45) is 0 Å². The standard InChI is InChI=1S/C13H22N4O/c1-11-12(10-15-16-11)6-5-7-14-13(18)17-8-3-2-4-9-17/h10H,2-9H2,1H3,(H,14,18)(H,15,16). The molecule has 0 atom stereocenters. The number of aromatic nitrogens is 2. The molecule has 0 spiro atoms. The number of carbonyl (C=O) groups is 1. The molecule has 2 N–H and O–H groups in total. The van der Waals surface area contributed by atoms with Gasteiger partial charge in [0, 0.05) is 25.3 Å². The number of carbonyl (C=O) groups excluding carboxylic acids is 1. The molecule has 5 nitrogen and oxygen atoms in total. The van der Waals surface area contributed by atoms with Gasteiger partial charge in [0.25, 0.3) is 0 Å². The third-order valence-electron chi connectivity index (χ3n) is 3.48. The Hall–Kier alpha value is -1.52. The number of urea groups is 1.